The average Bonchev–Trinajstić information content (AvgIpc) is 2.61. The molecule has 142 valence electrons. The molecule has 0 fully saturated rings. The van der Waals surface area contributed by atoms with E-state index in [0.717, 1.165) is 24.3 Å². The van der Waals surface area contributed by atoms with Gasteiger partial charge in [-0.25, -0.2) is 9.18 Å². The second kappa shape index (κ2) is 8.13. The number of nitrogen functional groups attached to an aromatic ring is 1. The highest BCUT2D eigenvalue weighted by Crippen LogP contribution is 2.29. The van der Waals surface area contributed by atoms with Crippen LogP contribution >= 0.6 is 0 Å². The van der Waals surface area contributed by atoms with Gasteiger partial charge < -0.3 is 20.5 Å². The van der Waals surface area contributed by atoms with Crippen LogP contribution in [0.4, 0.5) is 21.5 Å². The van der Waals surface area contributed by atoms with Crippen molar-refractivity contribution in [2.24, 2.45) is 0 Å². The zero-order valence-corrected chi connectivity index (χ0v) is 14.4. The summed E-state index contributed by atoms with van der Waals surface area (Å²) in [5.41, 5.74) is 5.12. The molecular weight excluding hydrogens is 361 g/mol. The van der Waals surface area contributed by atoms with Crippen LogP contribution in [0.25, 0.3) is 0 Å². The Hall–Kier alpha value is -3.69. The van der Waals surface area contributed by atoms with Gasteiger partial charge in [-0.3, -0.25) is 14.9 Å². The Morgan fingerprint density at radius 1 is 1.26 bits per heavy atom. The molecule has 0 bridgehead atoms. The van der Waals surface area contributed by atoms with E-state index in [2.05, 4.69) is 5.32 Å². The van der Waals surface area contributed by atoms with Crippen LogP contribution in [0, 0.1) is 15.9 Å². The summed E-state index contributed by atoms with van der Waals surface area (Å²) in [4.78, 5) is 34.6. The van der Waals surface area contributed by atoms with Gasteiger partial charge in [-0.1, -0.05) is 0 Å². The fraction of sp³-hybridized carbons (Fsp3) is 0.176. The van der Waals surface area contributed by atoms with E-state index in [9.17, 15) is 24.1 Å². The zero-order valence-electron chi connectivity index (χ0n) is 14.4. The Balaban J connectivity index is 2.12. The Labute approximate surface area is 153 Å². The summed E-state index contributed by atoms with van der Waals surface area (Å²) in [7, 11) is 1.33. The van der Waals surface area contributed by atoms with Crippen LogP contribution < -0.4 is 15.8 Å². The molecule has 2 aromatic rings. The number of esters is 1. The average molecular weight is 377 g/mol. The highest BCUT2D eigenvalue weighted by atomic mass is 19.1. The number of nitrogens with zero attached hydrogens (tertiary/aromatic N) is 1. The third-order valence-electron chi connectivity index (χ3n) is 3.54. The lowest BCUT2D eigenvalue weighted by molar-refractivity contribution is -0.384. The minimum absolute atomic E-state index is 0.0425. The standard InChI is InChI=1S/C17H16FN3O6/c1-9(27-17(23)12-5-3-10(18)7-13(12)19)16(22)20-14-8-11(21(24)25)4-6-15(14)26-2/h3-9H,19H2,1-2H3,(H,20,22)/t9-/m0/s1. The summed E-state index contributed by atoms with van der Waals surface area (Å²) in [6, 6.07) is 6.78. The van der Waals surface area contributed by atoms with Crippen LogP contribution in [0.15, 0.2) is 36.4 Å². The summed E-state index contributed by atoms with van der Waals surface area (Å²) in [6.07, 6.45) is -1.26. The van der Waals surface area contributed by atoms with E-state index >= 15 is 0 Å². The normalized spacial score (nSPS) is 11.4. The van der Waals surface area contributed by atoms with Crippen LogP contribution in [0.1, 0.15) is 17.3 Å². The van der Waals surface area contributed by atoms with Crippen LogP contribution in [0.5, 0.6) is 5.75 Å². The molecule has 1 amide bonds. The quantitative estimate of drug-likeness (QED) is 0.342. The van der Waals surface area contributed by atoms with Crippen molar-refractivity contribution in [2.45, 2.75) is 13.0 Å². The molecular formula is C17H16FN3O6. The zero-order chi connectivity index (χ0) is 20.1. The summed E-state index contributed by atoms with van der Waals surface area (Å²) >= 11 is 0. The van der Waals surface area contributed by atoms with Crippen LogP contribution in [-0.2, 0) is 9.53 Å². The van der Waals surface area contributed by atoms with Gasteiger partial charge in [-0.2, -0.15) is 0 Å². The molecule has 0 aliphatic rings. The number of ether oxygens (including phenoxy) is 2. The van der Waals surface area contributed by atoms with Gasteiger partial charge in [-0.05, 0) is 31.2 Å². The number of carbonyl (C=O) groups excluding carboxylic acids is 2. The monoisotopic (exact) mass is 377 g/mol. The number of hydrogen-bond donors (Lipinski definition) is 2. The summed E-state index contributed by atoms with van der Waals surface area (Å²) in [5.74, 6) is -2.09. The molecule has 2 rings (SSSR count). The SMILES string of the molecule is COc1ccc([N+](=O)[O-])cc1NC(=O)[C@H](C)OC(=O)c1ccc(F)cc1N. The lowest BCUT2D eigenvalue weighted by Crippen LogP contribution is -2.30. The van der Waals surface area contributed by atoms with Crippen molar-refractivity contribution in [1.82, 2.24) is 0 Å². The van der Waals surface area contributed by atoms with E-state index in [0.29, 0.717) is 0 Å². The summed E-state index contributed by atoms with van der Waals surface area (Å²) < 4.78 is 23.1. The predicted octanol–water partition coefficient (Wildman–Crippen LogP) is 2.51. The van der Waals surface area contributed by atoms with Crippen molar-refractivity contribution in [3.8, 4) is 5.75 Å². The third-order valence-corrected chi connectivity index (χ3v) is 3.54. The Kier molecular flexibility index (Phi) is 5.91. The van der Waals surface area contributed by atoms with Gasteiger partial charge in [0.25, 0.3) is 11.6 Å². The Morgan fingerprint density at radius 3 is 2.56 bits per heavy atom. The lowest BCUT2D eigenvalue weighted by atomic mass is 10.2. The van der Waals surface area contributed by atoms with Gasteiger partial charge in [-0.15, -0.1) is 0 Å². The van der Waals surface area contributed by atoms with Crippen molar-refractivity contribution in [1.29, 1.82) is 0 Å². The molecule has 1 atom stereocenters. The van der Waals surface area contributed by atoms with Crippen LogP contribution in [0.3, 0.4) is 0 Å². The molecule has 0 aliphatic heterocycles. The number of hydrogen-bond acceptors (Lipinski definition) is 7. The third kappa shape index (κ3) is 4.69. The number of halogens is 1. The van der Waals surface area contributed by atoms with Gasteiger partial charge >= 0.3 is 5.97 Å². The van der Waals surface area contributed by atoms with E-state index in [1.165, 1.54) is 26.2 Å². The maximum atomic E-state index is 13.0. The van der Waals surface area contributed by atoms with Crippen molar-refractivity contribution in [3.05, 3.63) is 57.9 Å². The van der Waals surface area contributed by atoms with E-state index in [1.54, 1.807) is 0 Å². The van der Waals surface area contributed by atoms with Crippen molar-refractivity contribution in [2.75, 3.05) is 18.2 Å². The highest BCUT2D eigenvalue weighted by molar-refractivity contribution is 6.00. The number of anilines is 2. The molecule has 27 heavy (non-hydrogen) atoms. The molecule has 10 heteroatoms. The first kappa shape index (κ1) is 19.6. The first-order valence-corrected chi connectivity index (χ1v) is 7.62. The lowest BCUT2D eigenvalue weighted by Gasteiger charge is -2.15. The molecule has 0 saturated carbocycles. The van der Waals surface area contributed by atoms with E-state index in [-0.39, 0.29) is 28.4 Å². The van der Waals surface area contributed by atoms with Gasteiger partial charge in [0.15, 0.2) is 6.10 Å². The molecule has 0 radical (unpaired) electrons. The first-order valence-electron chi connectivity index (χ1n) is 7.62. The number of non-ortho nitro benzene ring substituents is 1. The Morgan fingerprint density at radius 2 is 1.96 bits per heavy atom. The highest BCUT2D eigenvalue weighted by Gasteiger charge is 2.22. The number of nitro groups is 1. The fourth-order valence-corrected chi connectivity index (χ4v) is 2.14. The minimum Gasteiger partial charge on any atom is -0.495 e. The van der Waals surface area contributed by atoms with E-state index in [4.69, 9.17) is 15.2 Å². The molecule has 2 aromatic carbocycles. The molecule has 0 unspecified atom stereocenters. The number of benzene rings is 2. The number of rotatable bonds is 6. The van der Waals surface area contributed by atoms with Gasteiger partial charge in [0, 0.05) is 17.8 Å². The van der Waals surface area contributed by atoms with Crippen molar-refractivity contribution < 1.29 is 28.4 Å². The number of amides is 1. The molecule has 0 saturated heterocycles. The van der Waals surface area contributed by atoms with Crippen LogP contribution in [-0.4, -0.2) is 30.0 Å². The molecule has 0 heterocycles. The maximum Gasteiger partial charge on any atom is 0.341 e. The second-order valence-electron chi connectivity index (χ2n) is 5.41. The first-order chi connectivity index (χ1) is 12.7. The number of carbonyl (C=O) groups is 2. The molecule has 0 aliphatic carbocycles. The predicted molar refractivity (Wildman–Crippen MR) is 94.0 cm³/mol. The summed E-state index contributed by atoms with van der Waals surface area (Å²) in [5, 5.41) is 13.3. The van der Waals surface area contributed by atoms with Crippen molar-refractivity contribution in [3.63, 3.8) is 0 Å². The van der Waals surface area contributed by atoms with Gasteiger partial charge in [0.2, 0.25) is 0 Å². The van der Waals surface area contributed by atoms with Gasteiger partial charge in [0.1, 0.15) is 11.6 Å². The maximum absolute atomic E-state index is 13.0. The molecule has 0 spiro atoms. The molecule has 0 aromatic heterocycles. The number of nitro benzene ring substituents is 1. The minimum atomic E-state index is -1.26. The smallest absolute Gasteiger partial charge is 0.341 e. The topological polar surface area (TPSA) is 134 Å². The Bertz CT molecular complexity index is 902. The fourth-order valence-electron chi connectivity index (χ4n) is 2.14. The molecule has 9 nitrogen and oxygen atoms in total. The molecule has 3 N–H and O–H groups in total. The summed E-state index contributed by atoms with van der Waals surface area (Å²) in [6.45, 7) is 1.30. The van der Waals surface area contributed by atoms with Gasteiger partial charge in [0.05, 0.1) is 23.3 Å². The van der Waals surface area contributed by atoms with E-state index < -0.39 is 28.7 Å². The van der Waals surface area contributed by atoms with Crippen molar-refractivity contribution >= 4 is 28.9 Å². The van der Waals surface area contributed by atoms with E-state index in [1.807, 2.05) is 0 Å². The number of nitrogens with one attached hydrogen (secondary N) is 1. The second-order valence-corrected chi connectivity index (χ2v) is 5.41. The largest absolute Gasteiger partial charge is 0.495 e. The number of nitrogens with two attached hydrogens (primary N) is 1. The number of methoxy groups -OCH3 is 1. The van der Waals surface area contributed by atoms with Crippen LogP contribution in [0.2, 0.25) is 0 Å².